The Labute approximate surface area is 183 Å². The molecule has 2 aliphatic rings. The first-order chi connectivity index (χ1) is 14.8. The van der Waals surface area contributed by atoms with Crippen LogP contribution in [0.2, 0.25) is 0 Å². The topological polar surface area (TPSA) is 110 Å². The second-order valence-corrected chi connectivity index (χ2v) is 10.0. The molecule has 2 fully saturated rings. The third-order valence-corrected chi connectivity index (χ3v) is 7.24. The van der Waals surface area contributed by atoms with E-state index in [1.807, 2.05) is 29.2 Å². The Balaban J connectivity index is 1.52. The summed E-state index contributed by atoms with van der Waals surface area (Å²) in [5.41, 5.74) is 3.42. The van der Waals surface area contributed by atoms with Crippen molar-refractivity contribution < 1.29 is 23.2 Å². The van der Waals surface area contributed by atoms with E-state index in [9.17, 15) is 18.0 Å². The van der Waals surface area contributed by atoms with Gasteiger partial charge in [-0.25, -0.2) is 18.2 Å². The van der Waals surface area contributed by atoms with Crippen LogP contribution in [0.4, 0.5) is 5.69 Å². The van der Waals surface area contributed by atoms with Gasteiger partial charge in [0.1, 0.15) is 0 Å². The van der Waals surface area contributed by atoms with Crippen LogP contribution in [0.15, 0.2) is 30.3 Å². The molecule has 0 aromatic heterocycles. The fourth-order valence-electron chi connectivity index (χ4n) is 4.14. The van der Waals surface area contributed by atoms with Gasteiger partial charge in [0.05, 0.1) is 6.26 Å². The molecule has 1 aromatic rings. The minimum absolute atomic E-state index is 0.130. The van der Waals surface area contributed by atoms with E-state index in [2.05, 4.69) is 4.90 Å². The summed E-state index contributed by atoms with van der Waals surface area (Å²) < 4.78 is 24.8. The third-order valence-electron chi connectivity index (χ3n) is 5.94. The Kier molecular flexibility index (Phi) is 7.69. The Bertz CT molecular complexity index is 917. The zero-order valence-electron chi connectivity index (χ0n) is 17.7. The molecule has 0 saturated carbocycles. The van der Waals surface area contributed by atoms with Gasteiger partial charge in [-0.1, -0.05) is 18.2 Å². The van der Waals surface area contributed by atoms with Crippen LogP contribution in [0.5, 0.6) is 0 Å². The van der Waals surface area contributed by atoms with E-state index in [1.54, 1.807) is 11.6 Å². The fourth-order valence-corrected chi connectivity index (χ4v) is 5.01. The Morgan fingerprint density at radius 3 is 2.35 bits per heavy atom. The zero-order valence-corrected chi connectivity index (χ0v) is 18.6. The van der Waals surface area contributed by atoms with Crippen molar-refractivity contribution in [1.29, 1.82) is 0 Å². The SMILES string of the molecule is CS(=O)(=O)N1CCC(CC(=O)N2CCN(c3ccccc3/C=C/C(=O)NO)CC2)CC1. The molecule has 2 amide bonds. The molecule has 1 aromatic carbocycles. The number of nitrogens with one attached hydrogen (secondary N) is 1. The van der Waals surface area contributed by atoms with Crippen molar-refractivity contribution >= 4 is 33.6 Å². The van der Waals surface area contributed by atoms with Crippen molar-refractivity contribution in [2.75, 3.05) is 50.4 Å². The van der Waals surface area contributed by atoms with Gasteiger partial charge in [0.15, 0.2) is 0 Å². The summed E-state index contributed by atoms with van der Waals surface area (Å²) in [4.78, 5) is 28.1. The van der Waals surface area contributed by atoms with Crippen molar-refractivity contribution in [2.45, 2.75) is 19.3 Å². The maximum Gasteiger partial charge on any atom is 0.267 e. The molecule has 0 unspecified atom stereocenters. The first kappa shape index (κ1) is 23.2. The number of piperazine rings is 1. The first-order valence-electron chi connectivity index (χ1n) is 10.5. The molecule has 0 bridgehead atoms. The number of sulfonamides is 1. The van der Waals surface area contributed by atoms with Gasteiger partial charge >= 0.3 is 0 Å². The lowest BCUT2D eigenvalue weighted by Crippen LogP contribution is -2.49. The van der Waals surface area contributed by atoms with Crippen LogP contribution in [-0.4, -0.2) is 80.2 Å². The van der Waals surface area contributed by atoms with Gasteiger partial charge < -0.3 is 9.80 Å². The number of carbonyl (C=O) groups is 2. The summed E-state index contributed by atoms with van der Waals surface area (Å²) in [7, 11) is -3.15. The second kappa shape index (κ2) is 10.3. The van der Waals surface area contributed by atoms with Gasteiger partial charge in [0.2, 0.25) is 15.9 Å². The number of piperidine rings is 1. The number of benzene rings is 1. The van der Waals surface area contributed by atoms with Crippen LogP contribution in [0.1, 0.15) is 24.8 Å². The lowest BCUT2D eigenvalue weighted by atomic mass is 9.94. The van der Waals surface area contributed by atoms with E-state index in [-0.39, 0.29) is 11.8 Å². The van der Waals surface area contributed by atoms with Gasteiger partial charge in [-0.3, -0.25) is 14.8 Å². The first-order valence-corrected chi connectivity index (χ1v) is 12.3. The highest BCUT2D eigenvalue weighted by molar-refractivity contribution is 7.88. The van der Waals surface area contributed by atoms with Gasteiger partial charge in [-0.05, 0) is 36.5 Å². The number of anilines is 1. The fraction of sp³-hybridized carbons (Fsp3) is 0.524. The molecule has 31 heavy (non-hydrogen) atoms. The molecule has 0 spiro atoms. The highest BCUT2D eigenvalue weighted by atomic mass is 32.2. The van der Waals surface area contributed by atoms with Crippen LogP contribution in [0, 0.1) is 5.92 Å². The quantitative estimate of drug-likeness (QED) is 0.379. The number of nitrogens with zero attached hydrogens (tertiary/aromatic N) is 3. The van der Waals surface area contributed by atoms with E-state index in [1.165, 1.54) is 16.6 Å². The van der Waals surface area contributed by atoms with Gasteiger partial charge in [-0.2, -0.15) is 0 Å². The van der Waals surface area contributed by atoms with E-state index < -0.39 is 15.9 Å². The van der Waals surface area contributed by atoms with Crippen molar-refractivity contribution in [3.05, 3.63) is 35.9 Å². The van der Waals surface area contributed by atoms with Crippen LogP contribution < -0.4 is 10.4 Å². The van der Waals surface area contributed by atoms with Crippen LogP contribution in [0.3, 0.4) is 0 Å². The minimum Gasteiger partial charge on any atom is -0.367 e. The van der Waals surface area contributed by atoms with Crippen LogP contribution in [-0.2, 0) is 19.6 Å². The number of hydrogen-bond donors (Lipinski definition) is 2. The molecule has 9 nitrogen and oxygen atoms in total. The summed E-state index contributed by atoms with van der Waals surface area (Å²) in [5.74, 6) is -0.232. The van der Waals surface area contributed by atoms with E-state index >= 15 is 0 Å². The number of rotatable bonds is 6. The van der Waals surface area contributed by atoms with Crippen LogP contribution in [0.25, 0.3) is 6.08 Å². The van der Waals surface area contributed by atoms with Gasteiger partial charge in [0, 0.05) is 57.5 Å². The lowest BCUT2D eigenvalue weighted by Gasteiger charge is -2.38. The lowest BCUT2D eigenvalue weighted by molar-refractivity contribution is -0.132. The molecule has 2 aliphatic heterocycles. The van der Waals surface area contributed by atoms with Crippen molar-refractivity contribution in [3.63, 3.8) is 0 Å². The van der Waals surface area contributed by atoms with Crippen LogP contribution >= 0.6 is 0 Å². The number of para-hydroxylation sites is 1. The summed E-state index contributed by atoms with van der Waals surface area (Å²) in [6.45, 7) is 3.60. The number of carbonyl (C=O) groups excluding carboxylic acids is 2. The summed E-state index contributed by atoms with van der Waals surface area (Å²) in [5, 5.41) is 8.65. The molecule has 0 radical (unpaired) electrons. The molecule has 2 N–H and O–H groups in total. The predicted molar refractivity (Wildman–Crippen MR) is 118 cm³/mol. The van der Waals surface area contributed by atoms with Gasteiger partial charge in [-0.15, -0.1) is 0 Å². The van der Waals surface area contributed by atoms with E-state index in [4.69, 9.17) is 5.21 Å². The zero-order chi connectivity index (χ0) is 22.4. The maximum absolute atomic E-state index is 12.8. The summed E-state index contributed by atoms with van der Waals surface area (Å²) in [6, 6.07) is 7.69. The minimum atomic E-state index is -3.15. The number of hydroxylamine groups is 1. The predicted octanol–water partition coefficient (Wildman–Crippen LogP) is 0.916. The second-order valence-electron chi connectivity index (χ2n) is 8.05. The van der Waals surface area contributed by atoms with E-state index in [0.717, 1.165) is 24.1 Å². The third kappa shape index (κ3) is 6.28. The molecular formula is C21H30N4O5S. The van der Waals surface area contributed by atoms with Gasteiger partial charge in [0.25, 0.3) is 5.91 Å². The molecule has 10 heteroatoms. The maximum atomic E-state index is 12.8. The molecule has 0 atom stereocenters. The standard InChI is InChI=1S/C21H30N4O5S/c1-31(29,30)25-10-8-17(9-11-25)16-21(27)24-14-12-23(13-15-24)19-5-3-2-4-18(19)6-7-20(26)22-28/h2-7,17,28H,8-16H2,1H3,(H,22,26)/b7-6+. The largest absolute Gasteiger partial charge is 0.367 e. The average molecular weight is 451 g/mol. The molecule has 2 saturated heterocycles. The van der Waals surface area contributed by atoms with Crippen molar-refractivity contribution in [1.82, 2.24) is 14.7 Å². The van der Waals surface area contributed by atoms with Crippen molar-refractivity contribution in [3.8, 4) is 0 Å². The molecular weight excluding hydrogens is 420 g/mol. The summed E-state index contributed by atoms with van der Waals surface area (Å²) in [6.07, 6.45) is 6.06. The Morgan fingerprint density at radius 2 is 1.74 bits per heavy atom. The Morgan fingerprint density at radius 1 is 1.10 bits per heavy atom. The monoisotopic (exact) mass is 450 g/mol. The smallest absolute Gasteiger partial charge is 0.267 e. The molecule has 0 aliphatic carbocycles. The van der Waals surface area contributed by atoms with E-state index in [0.29, 0.717) is 45.7 Å². The Hall–Kier alpha value is -2.43. The molecule has 170 valence electrons. The van der Waals surface area contributed by atoms with Crippen molar-refractivity contribution in [2.24, 2.45) is 5.92 Å². The number of hydrogen-bond acceptors (Lipinski definition) is 6. The molecule has 2 heterocycles. The average Bonchev–Trinajstić information content (AvgIpc) is 2.77. The highest BCUT2D eigenvalue weighted by Crippen LogP contribution is 2.25. The highest BCUT2D eigenvalue weighted by Gasteiger charge is 2.29. The molecule has 3 rings (SSSR count). The number of amides is 2. The normalized spacial score (nSPS) is 19.0. The summed E-state index contributed by atoms with van der Waals surface area (Å²) >= 11 is 0.